The number of hydrogen-bond acceptors (Lipinski definition) is 4. The fourth-order valence-corrected chi connectivity index (χ4v) is 3.46. The van der Waals surface area contributed by atoms with Gasteiger partial charge in [0.15, 0.2) is 0 Å². The normalized spacial score (nSPS) is 14.7. The summed E-state index contributed by atoms with van der Waals surface area (Å²) >= 11 is 5.97. The highest BCUT2D eigenvalue weighted by atomic mass is 35.5. The minimum atomic E-state index is -0.229. The highest BCUT2D eigenvalue weighted by Crippen LogP contribution is 2.29. The summed E-state index contributed by atoms with van der Waals surface area (Å²) in [5.41, 5.74) is 3.70. The van der Waals surface area contributed by atoms with Crippen LogP contribution in [0.3, 0.4) is 0 Å². The number of nitrogens with one attached hydrogen (secondary N) is 1. The fraction of sp³-hybridized carbons (Fsp3) is 0.316. The summed E-state index contributed by atoms with van der Waals surface area (Å²) in [6.07, 6.45) is 5.87. The summed E-state index contributed by atoms with van der Waals surface area (Å²) in [5, 5.41) is 12.2. The first-order valence-corrected chi connectivity index (χ1v) is 9.08. The van der Waals surface area contributed by atoms with Crippen molar-refractivity contribution in [2.75, 3.05) is 0 Å². The summed E-state index contributed by atoms with van der Waals surface area (Å²) in [6, 6.07) is 9.23. The molecule has 4 rings (SSSR count). The monoisotopic (exact) mass is 370 g/mol. The van der Waals surface area contributed by atoms with Crippen LogP contribution in [0.2, 0.25) is 5.02 Å². The molecule has 26 heavy (non-hydrogen) atoms. The third kappa shape index (κ3) is 3.24. The molecular weight excluding hydrogens is 352 g/mol. The number of amides is 1. The molecule has 1 N–H and O–H groups in total. The zero-order valence-corrected chi connectivity index (χ0v) is 15.2. The van der Waals surface area contributed by atoms with Gasteiger partial charge in [-0.05, 0) is 38.0 Å². The number of benzene rings is 1. The Kier molecular flexibility index (Phi) is 4.51. The quantitative estimate of drug-likeness (QED) is 0.727. The van der Waals surface area contributed by atoms with E-state index in [1.54, 1.807) is 12.1 Å². The van der Waals surface area contributed by atoms with Crippen LogP contribution in [0, 0.1) is 6.92 Å². The van der Waals surface area contributed by atoms with Crippen molar-refractivity contribution in [2.24, 2.45) is 0 Å². The van der Waals surface area contributed by atoms with Crippen molar-refractivity contribution >= 4 is 17.6 Å². The average Bonchev–Trinajstić information content (AvgIpc) is 3.35. The van der Waals surface area contributed by atoms with E-state index < -0.39 is 0 Å². The van der Waals surface area contributed by atoms with Crippen molar-refractivity contribution < 1.29 is 9.32 Å². The predicted octanol–water partition coefficient (Wildman–Crippen LogP) is 4.67. The molecule has 134 valence electrons. The summed E-state index contributed by atoms with van der Waals surface area (Å²) in [5.74, 6) is 0. The van der Waals surface area contributed by atoms with Crippen LogP contribution in [0.1, 0.15) is 31.4 Å². The zero-order chi connectivity index (χ0) is 18.1. The first-order valence-electron chi connectivity index (χ1n) is 8.70. The van der Waals surface area contributed by atoms with E-state index in [9.17, 15) is 4.79 Å². The molecule has 0 bridgehead atoms. The van der Waals surface area contributed by atoms with Crippen LogP contribution in [-0.2, 0) is 0 Å². The van der Waals surface area contributed by atoms with Gasteiger partial charge in [-0.1, -0.05) is 41.7 Å². The van der Waals surface area contributed by atoms with Crippen LogP contribution in [-0.4, -0.2) is 27.0 Å². The molecule has 0 radical (unpaired) electrons. The van der Waals surface area contributed by atoms with E-state index >= 15 is 0 Å². The molecule has 0 spiro atoms. The van der Waals surface area contributed by atoms with Crippen LogP contribution in [0.25, 0.3) is 22.5 Å². The second-order valence-electron chi connectivity index (χ2n) is 6.58. The number of hydrogen-bond donors (Lipinski definition) is 1. The van der Waals surface area contributed by atoms with Gasteiger partial charge < -0.3 is 9.84 Å². The first kappa shape index (κ1) is 16.8. The SMILES string of the molecule is Cc1nocc1-c1cc(-c2ccc(Cl)cc2)nn1C(=O)NC1CCCC1. The van der Waals surface area contributed by atoms with Gasteiger partial charge in [-0.3, -0.25) is 0 Å². The average molecular weight is 371 g/mol. The third-order valence-corrected chi connectivity index (χ3v) is 5.00. The van der Waals surface area contributed by atoms with Gasteiger partial charge in [0.05, 0.1) is 22.6 Å². The molecular formula is C19H19ClN4O2. The Bertz CT molecular complexity index is 923. The molecule has 1 aliphatic carbocycles. The van der Waals surface area contributed by atoms with Crippen molar-refractivity contribution in [1.82, 2.24) is 20.3 Å². The van der Waals surface area contributed by atoms with E-state index in [-0.39, 0.29) is 12.1 Å². The van der Waals surface area contributed by atoms with Crippen LogP contribution in [0.4, 0.5) is 4.79 Å². The van der Waals surface area contributed by atoms with Crippen molar-refractivity contribution in [1.29, 1.82) is 0 Å². The van der Waals surface area contributed by atoms with Crippen molar-refractivity contribution in [2.45, 2.75) is 38.6 Å². The van der Waals surface area contributed by atoms with Gasteiger partial charge in [0, 0.05) is 16.6 Å². The van der Waals surface area contributed by atoms with Gasteiger partial charge in [-0.2, -0.15) is 9.78 Å². The molecule has 6 nitrogen and oxygen atoms in total. The number of aryl methyl sites for hydroxylation is 1. The summed E-state index contributed by atoms with van der Waals surface area (Å²) in [7, 11) is 0. The Morgan fingerprint density at radius 1 is 1.27 bits per heavy atom. The first-order chi connectivity index (χ1) is 12.6. The third-order valence-electron chi connectivity index (χ3n) is 4.75. The van der Waals surface area contributed by atoms with Crippen molar-refractivity contribution in [3.63, 3.8) is 0 Å². The lowest BCUT2D eigenvalue weighted by molar-refractivity contribution is 0.236. The molecule has 1 aliphatic rings. The Morgan fingerprint density at radius 2 is 2.00 bits per heavy atom. The molecule has 7 heteroatoms. The number of halogens is 1. The van der Waals surface area contributed by atoms with Gasteiger partial charge in [0.1, 0.15) is 6.26 Å². The molecule has 2 aromatic heterocycles. The van der Waals surface area contributed by atoms with Crippen LogP contribution >= 0.6 is 11.6 Å². The lowest BCUT2D eigenvalue weighted by atomic mass is 10.1. The number of carbonyl (C=O) groups is 1. The molecule has 0 unspecified atom stereocenters. The maximum Gasteiger partial charge on any atom is 0.342 e. The largest absolute Gasteiger partial charge is 0.364 e. The standard InChI is InChI=1S/C19H19ClN4O2/c1-12-16(11-26-23-12)18-10-17(13-6-8-14(20)9-7-13)22-24(18)19(25)21-15-4-2-3-5-15/h6-11,15H,2-5H2,1H3,(H,21,25). The van der Waals surface area contributed by atoms with Crippen LogP contribution < -0.4 is 5.32 Å². The van der Waals surface area contributed by atoms with E-state index in [2.05, 4.69) is 15.6 Å². The zero-order valence-electron chi connectivity index (χ0n) is 14.4. The van der Waals surface area contributed by atoms with E-state index in [0.29, 0.717) is 22.1 Å². The maximum absolute atomic E-state index is 12.8. The summed E-state index contributed by atoms with van der Waals surface area (Å²) in [4.78, 5) is 12.8. The Labute approximate surface area is 156 Å². The Morgan fingerprint density at radius 3 is 2.65 bits per heavy atom. The molecule has 1 amide bonds. The van der Waals surface area contributed by atoms with E-state index in [1.165, 1.54) is 10.9 Å². The predicted molar refractivity (Wildman–Crippen MR) is 99.1 cm³/mol. The molecule has 1 aromatic carbocycles. The van der Waals surface area contributed by atoms with Crippen molar-refractivity contribution in [3.8, 4) is 22.5 Å². The van der Waals surface area contributed by atoms with Gasteiger partial charge in [-0.25, -0.2) is 4.79 Å². The fourth-order valence-electron chi connectivity index (χ4n) is 3.33. The number of aromatic nitrogens is 3. The van der Waals surface area contributed by atoms with E-state index in [1.807, 2.05) is 25.1 Å². The highest BCUT2D eigenvalue weighted by molar-refractivity contribution is 6.30. The molecule has 1 fully saturated rings. The summed E-state index contributed by atoms with van der Waals surface area (Å²) < 4.78 is 6.46. The second kappa shape index (κ2) is 6.96. The lowest BCUT2D eigenvalue weighted by Gasteiger charge is -2.12. The molecule has 0 atom stereocenters. The smallest absolute Gasteiger partial charge is 0.342 e. The van der Waals surface area contributed by atoms with Gasteiger partial charge in [0.25, 0.3) is 0 Å². The molecule has 1 saturated carbocycles. The van der Waals surface area contributed by atoms with Gasteiger partial charge in [0.2, 0.25) is 0 Å². The molecule has 0 aliphatic heterocycles. The summed E-state index contributed by atoms with van der Waals surface area (Å²) in [6.45, 7) is 1.84. The van der Waals surface area contributed by atoms with E-state index in [0.717, 1.165) is 36.8 Å². The Balaban J connectivity index is 1.74. The van der Waals surface area contributed by atoms with Crippen molar-refractivity contribution in [3.05, 3.63) is 47.3 Å². The number of nitrogens with zero attached hydrogens (tertiary/aromatic N) is 3. The number of carbonyl (C=O) groups excluding carboxylic acids is 1. The molecule has 0 saturated heterocycles. The maximum atomic E-state index is 12.8. The number of rotatable bonds is 3. The van der Waals surface area contributed by atoms with E-state index in [4.69, 9.17) is 16.1 Å². The van der Waals surface area contributed by atoms with Gasteiger partial charge in [-0.15, -0.1) is 0 Å². The topological polar surface area (TPSA) is 73.0 Å². The second-order valence-corrected chi connectivity index (χ2v) is 7.01. The Hall–Kier alpha value is -2.60. The van der Waals surface area contributed by atoms with Crippen LogP contribution in [0.15, 0.2) is 41.1 Å². The van der Waals surface area contributed by atoms with Gasteiger partial charge >= 0.3 is 6.03 Å². The highest BCUT2D eigenvalue weighted by Gasteiger charge is 2.23. The minimum Gasteiger partial charge on any atom is -0.364 e. The van der Waals surface area contributed by atoms with Crippen LogP contribution in [0.5, 0.6) is 0 Å². The minimum absolute atomic E-state index is 0.210. The molecule has 3 aromatic rings. The molecule has 2 heterocycles. The lowest BCUT2D eigenvalue weighted by Crippen LogP contribution is -2.36.